The molecule has 1 heterocycles. The third kappa shape index (κ3) is 3.34. The molecule has 1 saturated heterocycles. The van der Waals surface area contributed by atoms with Gasteiger partial charge in [-0.15, -0.1) is 0 Å². The van der Waals surface area contributed by atoms with Gasteiger partial charge in [0.15, 0.2) is 0 Å². The molecule has 0 spiro atoms. The molecule has 0 aromatic heterocycles. The Labute approximate surface area is 148 Å². The Kier molecular flexibility index (Phi) is 4.35. The Morgan fingerprint density at radius 3 is 2.56 bits per heavy atom. The second-order valence-electron chi connectivity index (χ2n) is 6.93. The van der Waals surface area contributed by atoms with E-state index >= 15 is 0 Å². The molecule has 4 rings (SSSR count). The van der Waals surface area contributed by atoms with Crippen LogP contribution in [0.5, 0.6) is 5.75 Å². The lowest BCUT2D eigenvalue weighted by Gasteiger charge is -2.25. The first kappa shape index (κ1) is 16.0. The summed E-state index contributed by atoms with van der Waals surface area (Å²) in [6.07, 6.45) is 3.11. The second kappa shape index (κ2) is 6.79. The highest BCUT2D eigenvalue weighted by Gasteiger charge is 2.41. The molecule has 2 aromatic carbocycles. The highest BCUT2D eigenvalue weighted by molar-refractivity contribution is 5.76. The summed E-state index contributed by atoms with van der Waals surface area (Å²) in [5.41, 5.74) is 2.50. The number of carbonyl (C=O) groups excluding carboxylic acids is 1. The quantitative estimate of drug-likeness (QED) is 0.913. The summed E-state index contributed by atoms with van der Waals surface area (Å²) in [6.45, 7) is 0.825. The summed E-state index contributed by atoms with van der Waals surface area (Å²) in [7, 11) is 1.67. The highest BCUT2D eigenvalue weighted by atomic mass is 16.5. The molecule has 4 heteroatoms. The lowest BCUT2D eigenvalue weighted by atomic mass is 10.0. The molecule has 2 aromatic rings. The van der Waals surface area contributed by atoms with Crippen LogP contribution >= 0.6 is 0 Å². The number of likely N-dealkylation sites (tertiary alicyclic amines) is 1. The molecule has 1 aliphatic heterocycles. The molecule has 25 heavy (non-hydrogen) atoms. The number of nitrogens with one attached hydrogen (secondary N) is 1. The number of amides is 2. The van der Waals surface area contributed by atoms with E-state index in [1.807, 2.05) is 23.1 Å². The van der Waals surface area contributed by atoms with Gasteiger partial charge < -0.3 is 15.0 Å². The van der Waals surface area contributed by atoms with E-state index in [1.54, 1.807) is 7.11 Å². The molecule has 130 valence electrons. The van der Waals surface area contributed by atoms with Crippen LogP contribution in [-0.4, -0.2) is 30.6 Å². The highest BCUT2D eigenvalue weighted by Crippen LogP contribution is 2.41. The van der Waals surface area contributed by atoms with Crippen LogP contribution in [0.15, 0.2) is 54.6 Å². The Balaban J connectivity index is 1.39. The van der Waals surface area contributed by atoms with Crippen molar-refractivity contribution in [1.29, 1.82) is 0 Å². The van der Waals surface area contributed by atoms with E-state index in [4.69, 9.17) is 4.74 Å². The minimum atomic E-state index is 0.0711. The fourth-order valence-corrected chi connectivity index (χ4v) is 3.85. The normalized spacial score (nSPS) is 24.8. The van der Waals surface area contributed by atoms with Gasteiger partial charge in [0.25, 0.3) is 0 Å². The molecule has 2 amide bonds. The zero-order valence-corrected chi connectivity index (χ0v) is 14.5. The molecule has 2 fully saturated rings. The number of benzene rings is 2. The molecule has 0 bridgehead atoms. The number of methoxy groups -OCH3 is 1. The molecule has 1 saturated carbocycles. The topological polar surface area (TPSA) is 41.6 Å². The largest absolute Gasteiger partial charge is 0.497 e. The Bertz CT molecular complexity index is 729. The maximum absolute atomic E-state index is 12.8. The third-order valence-electron chi connectivity index (χ3n) is 5.34. The molecule has 0 unspecified atom stereocenters. The summed E-state index contributed by atoms with van der Waals surface area (Å²) < 4.78 is 5.23. The fraction of sp³-hybridized carbons (Fsp3) is 0.381. The van der Waals surface area contributed by atoms with Crippen LogP contribution in [-0.2, 0) is 0 Å². The first-order valence-electron chi connectivity index (χ1n) is 9.02. The van der Waals surface area contributed by atoms with Gasteiger partial charge in [0.2, 0.25) is 0 Å². The summed E-state index contributed by atoms with van der Waals surface area (Å²) >= 11 is 0. The predicted octanol–water partition coefficient (Wildman–Crippen LogP) is 4.10. The lowest BCUT2D eigenvalue weighted by molar-refractivity contribution is 0.192. The van der Waals surface area contributed by atoms with Crippen molar-refractivity contribution >= 4 is 6.03 Å². The maximum atomic E-state index is 12.8. The molecule has 1 N–H and O–H groups in total. The molecule has 2 aliphatic rings. The molecule has 1 aliphatic carbocycles. The van der Waals surface area contributed by atoms with E-state index in [2.05, 4.69) is 41.7 Å². The molecular weight excluding hydrogens is 312 g/mol. The van der Waals surface area contributed by atoms with Crippen molar-refractivity contribution in [2.45, 2.75) is 37.3 Å². The van der Waals surface area contributed by atoms with Gasteiger partial charge in [0.05, 0.1) is 13.2 Å². The fourth-order valence-electron chi connectivity index (χ4n) is 3.85. The van der Waals surface area contributed by atoms with Crippen LogP contribution in [0.25, 0.3) is 0 Å². The average molecular weight is 336 g/mol. The number of hydrogen-bond acceptors (Lipinski definition) is 2. The van der Waals surface area contributed by atoms with Gasteiger partial charge in [0.1, 0.15) is 5.75 Å². The van der Waals surface area contributed by atoms with E-state index < -0.39 is 0 Å². The van der Waals surface area contributed by atoms with Crippen molar-refractivity contribution in [3.05, 3.63) is 65.7 Å². The smallest absolute Gasteiger partial charge is 0.318 e. The first-order chi connectivity index (χ1) is 12.3. The minimum absolute atomic E-state index is 0.0711. The summed E-state index contributed by atoms with van der Waals surface area (Å²) in [6, 6.07) is 19.0. The van der Waals surface area contributed by atoms with Crippen molar-refractivity contribution in [3.63, 3.8) is 0 Å². The van der Waals surface area contributed by atoms with Crippen LogP contribution in [0.3, 0.4) is 0 Å². The van der Waals surface area contributed by atoms with Gasteiger partial charge in [-0.2, -0.15) is 0 Å². The second-order valence-corrected chi connectivity index (χ2v) is 6.93. The molecule has 4 nitrogen and oxygen atoms in total. The zero-order valence-electron chi connectivity index (χ0n) is 14.5. The van der Waals surface area contributed by atoms with E-state index in [-0.39, 0.29) is 18.1 Å². The number of rotatable bonds is 4. The number of ether oxygens (including phenoxy) is 1. The predicted molar refractivity (Wildman–Crippen MR) is 97.8 cm³/mol. The molecular formula is C21H24N2O2. The zero-order chi connectivity index (χ0) is 17.2. The van der Waals surface area contributed by atoms with Gasteiger partial charge >= 0.3 is 6.03 Å². The number of urea groups is 1. The maximum Gasteiger partial charge on any atom is 0.318 e. The van der Waals surface area contributed by atoms with Crippen molar-refractivity contribution in [2.75, 3.05) is 13.7 Å². The Morgan fingerprint density at radius 1 is 1.08 bits per heavy atom. The van der Waals surface area contributed by atoms with Crippen LogP contribution < -0.4 is 10.1 Å². The van der Waals surface area contributed by atoms with E-state index in [0.717, 1.165) is 31.6 Å². The summed E-state index contributed by atoms with van der Waals surface area (Å²) in [5, 5.41) is 3.23. The van der Waals surface area contributed by atoms with Crippen LogP contribution in [0.2, 0.25) is 0 Å². The van der Waals surface area contributed by atoms with Crippen molar-refractivity contribution in [1.82, 2.24) is 10.2 Å². The lowest BCUT2D eigenvalue weighted by Crippen LogP contribution is -2.40. The standard InChI is InChI=1S/C21H24N2O2/c1-25-17-11-9-16(10-12-17)20-8-5-13-23(20)21(24)22-19-14-18(19)15-6-3-2-4-7-15/h2-4,6-7,9-12,18-20H,5,8,13-14H2,1H3,(H,22,24)/t18-,19-,20-/m0/s1. The van der Waals surface area contributed by atoms with Crippen LogP contribution in [0.4, 0.5) is 4.79 Å². The van der Waals surface area contributed by atoms with E-state index in [9.17, 15) is 4.79 Å². The summed E-state index contributed by atoms with van der Waals surface area (Å²) in [5.74, 6) is 1.31. The molecule has 0 radical (unpaired) electrons. The third-order valence-corrected chi connectivity index (χ3v) is 5.34. The Hall–Kier alpha value is -2.49. The van der Waals surface area contributed by atoms with E-state index in [1.165, 1.54) is 11.1 Å². The minimum Gasteiger partial charge on any atom is -0.497 e. The van der Waals surface area contributed by atoms with Crippen molar-refractivity contribution in [2.24, 2.45) is 0 Å². The average Bonchev–Trinajstić information content (AvgIpc) is 3.25. The van der Waals surface area contributed by atoms with Crippen LogP contribution in [0.1, 0.15) is 42.3 Å². The van der Waals surface area contributed by atoms with Gasteiger partial charge in [-0.25, -0.2) is 4.79 Å². The first-order valence-corrected chi connectivity index (χ1v) is 9.02. The summed E-state index contributed by atoms with van der Waals surface area (Å²) in [4.78, 5) is 14.8. The number of nitrogens with zero attached hydrogens (tertiary/aromatic N) is 1. The van der Waals surface area contributed by atoms with Crippen molar-refractivity contribution < 1.29 is 9.53 Å². The number of hydrogen-bond donors (Lipinski definition) is 1. The van der Waals surface area contributed by atoms with Crippen LogP contribution in [0, 0.1) is 0 Å². The SMILES string of the molecule is COc1ccc([C@@H]2CCCN2C(=O)N[C@H]2C[C@H]2c2ccccc2)cc1. The van der Waals surface area contributed by atoms with Crippen molar-refractivity contribution in [3.8, 4) is 5.75 Å². The van der Waals surface area contributed by atoms with Gasteiger partial charge in [0, 0.05) is 18.5 Å². The van der Waals surface area contributed by atoms with Gasteiger partial charge in [-0.3, -0.25) is 0 Å². The number of carbonyl (C=O) groups is 1. The Morgan fingerprint density at radius 2 is 1.84 bits per heavy atom. The monoisotopic (exact) mass is 336 g/mol. The van der Waals surface area contributed by atoms with E-state index in [0.29, 0.717) is 5.92 Å². The van der Waals surface area contributed by atoms with Gasteiger partial charge in [-0.1, -0.05) is 42.5 Å². The molecule has 3 atom stereocenters. The van der Waals surface area contributed by atoms with Gasteiger partial charge in [-0.05, 0) is 42.5 Å².